The summed E-state index contributed by atoms with van der Waals surface area (Å²) in [6.45, 7) is 2.38. The van der Waals surface area contributed by atoms with Crippen molar-refractivity contribution in [3.8, 4) is 5.69 Å². The molecule has 0 aliphatic carbocycles. The van der Waals surface area contributed by atoms with E-state index in [9.17, 15) is 13.2 Å². The molecule has 0 spiro atoms. The maximum atomic E-state index is 12.3. The van der Waals surface area contributed by atoms with Crippen LogP contribution in [0.4, 0.5) is 0 Å². The summed E-state index contributed by atoms with van der Waals surface area (Å²) in [6.07, 6.45) is 3.46. The molecule has 0 saturated heterocycles. The van der Waals surface area contributed by atoms with Crippen molar-refractivity contribution < 1.29 is 13.2 Å². The van der Waals surface area contributed by atoms with E-state index in [0.29, 0.717) is 18.5 Å². The Bertz CT molecular complexity index is 1110. The Morgan fingerprint density at radius 3 is 2.63 bits per heavy atom. The maximum absolute atomic E-state index is 12.3. The summed E-state index contributed by atoms with van der Waals surface area (Å²) in [4.78, 5) is 12.1. The Balaban J connectivity index is 1.45. The molecule has 1 heterocycles. The fourth-order valence-electron chi connectivity index (χ4n) is 3.14. The first kappa shape index (κ1) is 22.2. The standard InChI is InChI=1S/C22H24BrN3O3S/c1-17-19(14-26(25-17)21-10-3-2-4-11-21)8-6-12-24-22(27)16-30(28,29)15-18-7-5-9-20(23)13-18/h2-5,7,9-11,13-14H,6,8,12,15-16H2,1H3,(H,24,27). The highest BCUT2D eigenvalue weighted by Crippen LogP contribution is 2.15. The van der Waals surface area contributed by atoms with Gasteiger partial charge >= 0.3 is 0 Å². The molecule has 0 atom stereocenters. The molecule has 1 amide bonds. The van der Waals surface area contributed by atoms with Crippen molar-refractivity contribution in [1.29, 1.82) is 0 Å². The Kier molecular flexibility index (Phi) is 7.44. The molecule has 1 aromatic heterocycles. The maximum Gasteiger partial charge on any atom is 0.235 e. The zero-order valence-electron chi connectivity index (χ0n) is 16.7. The summed E-state index contributed by atoms with van der Waals surface area (Å²) in [6, 6.07) is 17.0. The highest BCUT2D eigenvalue weighted by Gasteiger charge is 2.17. The van der Waals surface area contributed by atoms with Crippen molar-refractivity contribution in [2.75, 3.05) is 12.3 Å². The number of carbonyl (C=O) groups excluding carboxylic acids is 1. The highest BCUT2D eigenvalue weighted by atomic mass is 79.9. The molecule has 0 unspecified atom stereocenters. The van der Waals surface area contributed by atoms with Gasteiger partial charge in [-0.1, -0.05) is 46.3 Å². The summed E-state index contributed by atoms with van der Waals surface area (Å²) in [7, 11) is -3.52. The van der Waals surface area contributed by atoms with E-state index in [1.807, 2.05) is 54.2 Å². The number of amides is 1. The topological polar surface area (TPSA) is 81.1 Å². The minimum Gasteiger partial charge on any atom is -0.355 e. The van der Waals surface area contributed by atoms with Crippen LogP contribution in [0, 0.1) is 6.92 Å². The first-order valence-corrected chi connectivity index (χ1v) is 12.3. The van der Waals surface area contributed by atoms with Gasteiger partial charge in [-0.25, -0.2) is 13.1 Å². The van der Waals surface area contributed by atoms with Gasteiger partial charge in [0.25, 0.3) is 0 Å². The zero-order chi connectivity index (χ0) is 21.6. The van der Waals surface area contributed by atoms with Gasteiger partial charge in [-0.2, -0.15) is 5.10 Å². The molecule has 0 fully saturated rings. The fourth-order valence-corrected chi connectivity index (χ4v) is 4.88. The van der Waals surface area contributed by atoms with Gasteiger partial charge in [-0.15, -0.1) is 0 Å². The molecule has 0 radical (unpaired) electrons. The van der Waals surface area contributed by atoms with Crippen molar-refractivity contribution in [2.24, 2.45) is 0 Å². The second kappa shape index (κ2) is 10.0. The van der Waals surface area contributed by atoms with E-state index in [1.165, 1.54) is 0 Å². The molecule has 0 aliphatic heterocycles. The van der Waals surface area contributed by atoms with E-state index >= 15 is 0 Å². The van der Waals surface area contributed by atoms with E-state index in [-0.39, 0.29) is 5.75 Å². The lowest BCUT2D eigenvalue weighted by atomic mass is 10.1. The van der Waals surface area contributed by atoms with Crippen molar-refractivity contribution >= 4 is 31.7 Å². The van der Waals surface area contributed by atoms with E-state index in [4.69, 9.17) is 0 Å². The average Bonchev–Trinajstić information content (AvgIpc) is 3.06. The van der Waals surface area contributed by atoms with Gasteiger partial charge in [-0.3, -0.25) is 4.79 Å². The number of nitrogens with zero attached hydrogens (tertiary/aromatic N) is 2. The number of para-hydroxylation sites is 1. The summed E-state index contributed by atoms with van der Waals surface area (Å²) in [5.74, 6) is -1.14. The predicted molar refractivity (Wildman–Crippen MR) is 121 cm³/mol. The molecule has 30 heavy (non-hydrogen) atoms. The number of hydrogen-bond acceptors (Lipinski definition) is 4. The largest absolute Gasteiger partial charge is 0.355 e. The Morgan fingerprint density at radius 2 is 1.90 bits per heavy atom. The highest BCUT2D eigenvalue weighted by molar-refractivity contribution is 9.10. The Morgan fingerprint density at radius 1 is 1.13 bits per heavy atom. The summed E-state index contributed by atoms with van der Waals surface area (Å²) in [5, 5.41) is 7.25. The normalized spacial score (nSPS) is 11.4. The van der Waals surface area contributed by atoms with Crippen molar-refractivity contribution in [2.45, 2.75) is 25.5 Å². The van der Waals surface area contributed by atoms with Crippen LogP contribution in [-0.2, 0) is 26.8 Å². The first-order valence-electron chi connectivity index (χ1n) is 9.64. The number of benzene rings is 2. The number of aryl methyl sites for hydroxylation is 2. The van der Waals surface area contributed by atoms with Crippen LogP contribution in [0.25, 0.3) is 5.69 Å². The predicted octanol–water partition coefficient (Wildman–Crippen LogP) is 3.61. The summed E-state index contributed by atoms with van der Waals surface area (Å²) >= 11 is 3.32. The van der Waals surface area contributed by atoms with Gasteiger partial charge in [0.05, 0.1) is 17.1 Å². The smallest absolute Gasteiger partial charge is 0.235 e. The molecule has 0 aliphatic rings. The van der Waals surface area contributed by atoms with Crippen LogP contribution in [0.1, 0.15) is 23.2 Å². The molecular formula is C22H24BrN3O3S. The number of hydrogen-bond donors (Lipinski definition) is 1. The molecule has 0 saturated carbocycles. The molecule has 158 valence electrons. The lowest BCUT2D eigenvalue weighted by Crippen LogP contribution is -2.31. The van der Waals surface area contributed by atoms with Gasteiger partial charge in [0.2, 0.25) is 5.91 Å². The molecule has 0 bridgehead atoms. The van der Waals surface area contributed by atoms with Crippen LogP contribution >= 0.6 is 15.9 Å². The zero-order valence-corrected chi connectivity index (χ0v) is 19.1. The van der Waals surface area contributed by atoms with Crippen LogP contribution in [-0.4, -0.2) is 36.4 Å². The van der Waals surface area contributed by atoms with Gasteiger partial charge in [0.1, 0.15) is 5.75 Å². The molecule has 1 N–H and O–H groups in total. The minimum atomic E-state index is -3.52. The van der Waals surface area contributed by atoms with Gasteiger partial charge in [0, 0.05) is 17.2 Å². The van der Waals surface area contributed by atoms with Gasteiger partial charge in [-0.05, 0) is 55.2 Å². The number of sulfone groups is 1. The quantitative estimate of drug-likeness (QED) is 0.465. The fraction of sp³-hybridized carbons (Fsp3) is 0.273. The SMILES string of the molecule is Cc1nn(-c2ccccc2)cc1CCCNC(=O)CS(=O)(=O)Cc1cccc(Br)c1. The van der Waals surface area contributed by atoms with Crippen molar-refractivity contribution in [3.05, 3.63) is 82.1 Å². The van der Waals surface area contributed by atoms with Crippen LogP contribution in [0.5, 0.6) is 0 Å². The second-order valence-corrected chi connectivity index (χ2v) is 10.1. The molecular weight excluding hydrogens is 466 g/mol. The van der Waals surface area contributed by atoms with Crippen molar-refractivity contribution in [1.82, 2.24) is 15.1 Å². The van der Waals surface area contributed by atoms with Crippen LogP contribution in [0.3, 0.4) is 0 Å². The number of halogens is 1. The van der Waals surface area contributed by atoms with Gasteiger partial charge < -0.3 is 5.32 Å². The number of nitrogens with one attached hydrogen (secondary N) is 1. The molecule has 2 aromatic carbocycles. The van der Waals surface area contributed by atoms with Crippen LogP contribution in [0.2, 0.25) is 0 Å². The van der Waals surface area contributed by atoms with Crippen molar-refractivity contribution in [3.63, 3.8) is 0 Å². The molecule has 3 aromatic rings. The third-order valence-electron chi connectivity index (χ3n) is 4.59. The number of carbonyl (C=O) groups is 1. The van der Waals surface area contributed by atoms with Crippen LogP contribution < -0.4 is 5.32 Å². The minimum absolute atomic E-state index is 0.155. The van der Waals surface area contributed by atoms with E-state index in [2.05, 4.69) is 26.3 Å². The molecule has 3 rings (SSSR count). The molecule has 6 nitrogen and oxygen atoms in total. The summed E-state index contributed by atoms with van der Waals surface area (Å²) in [5.41, 5.74) is 3.70. The first-order chi connectivity index (χ1) is 14.3. The third kappa shape index (κ3) is 6.53. The monoisotopic (exact) mass is 489 g/mol. The van der Waals surface area contributed by atoms with Gasteiger partial charge in [0.15, 0.2) is 9.84 Å². The van der Waals surface area contributed by atoms with E-state index in [0.717, 1.165) is 27.8 Å². The van der Waals surface area contributed by atoms with Crippen LogP contribution in [0.15, 0.2) is 65.3 Å². The second-order valence-electron chi connectivity index (χ2n) is 7.14. The third-order valence-corrected chi connectivity index (χ3v) is 6.56. The van der Waals surface area contributed by atoms with E-state index < -0.39 is 21.5 Å². The Labute approximate surface area is 185 Å². The Hall–Kier alpha value is -2.45. The summed E-state index contributed by atoms with van der Waals surface area (Å²) < 4.78 is 27.2. The lowest BCUT2D eigenvalue weighted by molar-refractivity contribution is -0.118. The molecule has 8 heteroatoms. The van der Waals surface area contributed by atoms with E-state index in [1.54, 1.807) is 18.2 Å². The number of aromatic nitrogens is 2. The average molecular weight is 490 g/mol. The number of rotatable bonds is 9. The lowest BCUT2D eigenvalue weighted by Gasteiger charge is -2.07.